The van der Waals surface area contributed by atoms with E-state index in [1.165, 1.54) is 10.9 Å². The normalized spacial score (nSPS) is 12.5. The molecule has 0 saturated heterocycles. The highest BCUT2D eigenvalue weighted by atomic mass is 79.9. The summed E-state index contributed by atoms with van der Waals surface area (Å²) >= 11 is 8.78. The lowest BCUT2D eigenvalue weighted by atomic mass is 10.1. The Bertz CT molecular complexity index is 516. The molecule has 0 aliphatic heterocycles. The van der Waals surface area contributed by atoms with Gasteiger partial charge in [0.15, 0.2) is 5.15 Å². The summed E-state index contributed by atoms with van der Waals surface area (Å²) < 4.78 is 1.42. The zero-order valence-corrected chi connectivity index (χ0v) is 13.5. The van der Waals surface area contributed by atoms with E-state index in [4.69, 9.17) is 11.6 Å². The van der Waals surface area contributed by atoms with Crippen molar-refractivity contribution in [3.63, 3.8) is 0 Å². The molecule has 1 unspecified atom stereocenters. The third kappa shape index (κ3) is 4.31. The zero-order chi connectivity index (χ0) is 14.6. The highest BCUT2D eigenvalue weighted by molar-refractivity contribution is 9.10. The van der Waals surface area contributed by atoms with Gasteiger partial charge >= 0.3 is 0 Å². The molecular weight excluding hydrogens is 334 g/mol. The molecule has 1 N–H and O–H groups in total. The number of nitrogens with one attached hydrogen (secondary N) is 1. The molecular formula is C12H17BrClN3O2. The van der Waals surface area contributed by atoms with Gasteiger partial charge in [-0.2, -0.15) is 0 Å². The maximum Gasteiger partial charge on any atom is 0.269 e. The number of hydrogen-bond donors (Lipinski definition) is 1. The van der Waals surface area contributed by atoms with Crippen LogP contribution in [0.1, 0.15) is 33.2 Å². The number of rotatable bonds is 5. The van der Waals surface area contributed by atoms with Gasteiger partial charge in [-0.1, -0.05) is 25.4 Å². The summed E-state index contributed by atoms with van der Waals surface area (Å²) in [6, 6.07) is -0.624. The lowest BCUT2D eigenvalue weighted by Gasteiger charge is -2.15. The van der Waals surface area contributed by atoms with E-state index in [0.29, 0.717) is 12.5 Å². The zero-order valence-electron chi connectivity index (χ0n) is 11.1. The molecule has 1 amide bonds. The Morgan fingerprint density at radius 2 is 2.16 bits per heavy atom. The second kappa shape index (κ2) is 7.05. The number of amides is 1. The van der Waals surface area contributed by atoms with Crippen molar-refractivity contribution in [3.8, 4) is 0 Å². The van der Waals surface area contributed by atoms with Crippen LogP contribution in [-0.4, -0.2) is 22.0 Å². The van der Waals surface area contributed by atoms with Gasteiger partial charge in [0.25, 0.3) is 5.56 Å². The Kier molecular flexibility index (Phi) is 6.00. The largest absolute Gasteiger partial charge is 0.354 e. The van der Waals surface area contributed by atoms with Gasteiger partial charge in [0.05, 0.1) is 6.33 Å². The molecule has 1 rings (SSSR count). The van der Waals surface area contributed by atoms with Gasteiger partial charge in [0.2, 0.25) is 5.91 Å². The molecule has 0 aliphatic carbocycles. The number of nitrogens with zero attached hydrogens (tertiary/aromatic N) is 2. The molecule has 1 aromatic heterocycles. The Balaban J connectivity index is 2.78. The van der Waals surface area contributed by atoms with Crippen molar-refractivity contribution in [3.05, 3.63) is 26.3 Å². The van der Waals surface area contributed by atoms with Crippen molar-refractivity contribution in [2.24, 2.45) is 5.92 Å². The van der Waals surface area contributed by atoms with Gasteiger partial charge in [0.1, 0.15) is 10.5 Å². The third-order valence-electron chi connectivity index (χ3n) is 2.72. The number of carbonyl (C=O) groups is 1. The Morgan fingerprint density at radius 3 is 2.74 bits per heavy atom. The highest BCUT2D eigenvalue weighted by Crippen LogP contribution is 2.15. The van der Waals surface area contributed by atoms with E-state index < -0.39 is 6.04 Å². The van der Waals surface area contributed by atoms with Crippen LogP contribution in [0.3, 0.4) is 0 Å². The SMILES string of the molecule is CC(C)CCNC(=O)C(C)n1cnc(Cl)c(Br)c1=O. The molecule has 0 fully saturated rings. The number of hydrogen-bond acceptors (Lipinski definition) is 3. The van der Waals surface area contributed by atoms with Gasteiger partial charge in [0, 0.05) is 6.54 Å². The Hall–Kier alpha value is -0.880. The summed E-state index contributed by atoms with van der Waals surface area (Å²) in [6.07, 6.45) is 2.18. The van der Waals surface area contributed by atoms with Crippen LogP contribution >= 0.6 is 27.5 Å². The lowest BCUT2D eigenvalue weighted by molar-refractivity contribution is -0.124. The molecule has 5 nitrogen and oxygen atoms in total. The minimum atomic E-state index is -0.624. The van der Waals surface area contributed by atoms with E-state index >= 15 is 0 Å². The molecule has 0 aliphatic rings. The quantitative estimate of drug-likeness (QED) is 0.829. The first kappa shape index (κ1) is 16.2. The standard InChI is InChI=1S/C12H17BrClN3O2/c1-7(2)4-5-15-11(18)8(3)17-6-16-10(14)9(13)12(17)19/h6-8H,4-5H2,1-3H3,(H,15,18). The van der Waals surface area contributed by atoms with Crippen molar-refractivity contribution < 1.29 is 4.79 Å². The summed E-state index contributed by atoms with van der Waals surface area (Å²) in [5, 5.41) is 2.89. The van der Waals surface area contributed by atoms with E-state index in [9.17, 15) is 9.59 Å². The number of carbonyl (C=O) groups excluding carboxylic acids is 1. The average molecular weight is 351 g/mol. The first-order valence-corrected chi connectivity index (χ1v) is 7.21. The molecule has 1 heterocycles. The van der Waals surface area contributed by atoms with Crippen LogP contribution in [0, 0.1) is 5.92 Å². The fourth-order valence-corrected chi connectivity index (χ4v) is 1.89. The van der Waals surface area contributed by atoms with Crippen LogP contribution in [-0.2, 0) is 4.79 Å². The minimum Gasteiger partial charge on any atom is -0.354 e. The first-order valence-electron chi connectivity index (χ1n) is 6.04. The van der Waals surface area contributed by atoms with Crippen LogP contribution in [0.4, 0.5) is 0 Å². The van der Waals surface area contributed by atoms with Gasteiger partial charge in [-0.25, -0.2) is 4.98 Å². The van der Waals surface area contributed by atoms with E-state index in [1.54, 1.807) is 6.92 Å². The molecule has 0 radical (unpaired) electrons. The number of halogens is 2. The molecule has 0 spiro atoms. The molecule has 19 heavy (non-hydrogen) atoms. The second-order valence-electron chi connectivity index (χ2n) is 4.71. The maximum absolute atomic E-state index is 11.9. The number of aromatic nitrogens is 2. The lowest BCUT2D eigenvalue weighted by Crippen LogP contribution is -2.36. The van der Waals surface area contributed by atoms with Gasteiger partial charge in [-0.3, -0.25) is 14.2 Å². The summed E-state index contributed by atoms with van der Waals surface area (Å²) in [7, 11) is 0. The maximum atomic E-state index is 11.9. The molecule has 7 heteroatoms. The molecule has 0 bridgehead atoms. The Morgan fingerprint density at radius 1 is 1.53 bits per heavy atom. The average Bonchev–Trinajstić information content (AvgIpc) is 2.35. The summed E-state index contributed by atoms with van der Waals surface area (Å²) in [6.45, 7) is 6.41. The summed E-state index contributed by atoms with van der Waals surface area (Å²) in [4.78, 5) is 27.7. The molecule has 1 aromatic rings. The van der Waals surface area contributed by atoms with Crippen LogP contribution in [0.15, 0.2) is 15.6 Å². The van der Waals surface area contributed by atoms with Gasteiger partial charge in [-0.05, 0) is 35.2 Å². The minimum absolute atomic E-state index is 0.0914. The molecule has 1 atom stereocenters. The predicted molar refractivity (Wildman–Crippen MR) is 78.4 cm³/mol. The first-order chi connectivity index (χ1) is 8.84. The van der Waals surface area contributed by atoms with E-state index in [0.717, 1.165) is 6.42 Å². The summed E-state index contributed by atoms with van der Waals surface area (Å²) in [5.41, 5.74) is -0.369. The second-order valence-corrected chi connectivity index (χ2v) is 5.86. The van der Waals surface area contributed by atoms with Crippen LogP contribution in [0.5, 0.6) is 0 Å². The molecule has 0 aromatic carbocycles. The fourth-order valence-electron chi connectivity index (χ4n) is 1.46. The van der Waals surface area contributed by atoms with E-state index in [1.807, 2.05) is 0 Å². The topological polar surface area (TPSA) is 64.0 Å². The smallest absolute Gasteiger partial charge is 0.269 e. The van der Waals surface area contributed by atoms with Gasteiger partial charge < -0.3 is 5.32 Å². The van der Waals surface area contributed by atoms with E-state index in [-0.39, 0.29) is 21.1 Å². The van der Waals surface area contributed by atoms with Crippen LogP contribution in [0.25, 0.3) is 0 Å². The Labute approximate surface area is 125 Å². The van der Waals surface area contributed by atoms with E-state index in [2.05, 4.69) is 40.1 Å². The summed E-state index contributed by atoms with van der Waals surface area (Å²) in [5.74, 6) is 0.309. The molecule has 106 valence electrons. The predicted octanol–water partition coefficient (Wildman–Crippen LogP) is 2.38. The van der Waals surface area contributed by atoms with Crippen molar-refractivity contribution >= 4 is 33.4 Å². The fraction of sp³-hybridized carbons (Fsp3) is 0.583. The van der Waals surface area contributed by atoms with Crippen LogP contribution in [0.2, 0.25) is 5.15 Å². The highest BCUT2D eigenvalue weighted by Gasteiger charge is 2.18. The molecule has 0 saturated carbocycles. The van der Waals surface area contributed by atoms with Crippen molar-refractivity contribution in [2.45, 2.75) is 33.2 Å². The van der Waals surface area contributed by atoms with Crippen LogP contribution < -0.4 is 10.9 Å². The van der Waals surface area contributed by atoms with Gasteiger partial charge in [-0.15, -0.1) is 0 Å². The third-order valence-corrected chi connectivity index (χ3v) is 3.95. The van der Waals surface area contributed by atoms with Crippen molar-refractivity contribution in [1.29, 1.82) is 0 Å². The monoisotopic (exact) mass is 349 g/mol. The van der Waals surface area contributed by atoms with Crippen molar-refractivity contribution in [2.75, 3.05) is 6.54 Å². The van der Waals surface area contributed by atoms with Crippen molar-refractivity contribution in [1.82, 2.24) is 14.9 Å².